The summed E-state index contributed by atoms with van der Waals surface area (Å²) in [4.78, 5) is 34.4. The average Bonchev–Trinajstić information content (AvgIpc) is 2.91. The van der Waals surface area contributed by atoms with E-state index in [1.54, 1.807) is 18.7 Å². The minimum Gasteiger partial charge on any atom is -0.480 e. The number of hydrogen-bond donors (Lipinski definition) is 3. The maximum atomic E-state index is 12.9. The zero-order chi connectivity index (χ0) is 18.2. The monoisotopic (exact) mass is 347 g/mol. The Morgan fingerprint density at radius 3 is 2.44 bits per heavy atom. The minimum atomic E-state index is -0.925. The third kappa shape index (κ3) is 3.44. The molecule has 2 aliphatic heterocycles. The fourth-order valence-electron chi connectivity index (χ4n) is 4.13. The molecule has 0 bridgehead atoms. The van der Waals surface area contributed by atoms with Crippen molar-refractivity contribution in [2.75, 3.05) is 25.4 Å². The Morgan fingerprint density at radius 1 is 1.28 bits per heavy atom. The van der Waals surface area contributed by atoms with E-state index >= 15 is 0 Å². The lowest BCUT2D eigenvalue weighted by Crippen LogP contribution is -2.42. The van der Waals surface area contributed by atoms with Gasteiger partial charge in [-0.15, -0.1) is 0 Å². The van der Waals surface area contributed by atoms with Gasteiger partial charge in [-0.05, 0) is 51.6 Å². The Kier molecular flexibility index (Phi) is 4.64. The molecule has 2 fully saturated rings. The third-order valence-corrected chi connectivity index (χ3v) is 5.54. The Hall–Kier alpha value is -2.22. The van der Waals surface area contributed by atoms with Crippen LogP contribution in [0.25, 0.3) is 0 Å². The molecule has 4 N–H and O–H groups in total. The van der Waals surface area contributed by atoms with Crippen LogP contribution >= 0.6 is 0 Å². The molecule has 8 heteroatoms. The van der Waals surface area contributed by atoms with Gasteiger partial charge in [0, 0.05) is 23.5 Å². The lowest BCUT2D eigenvalue weighted by molar-refractivity contribution is -0.148. The maximum absolute atomic E-state index is 12.9. The van der Waals surface area contributed by atoms with E-state index in [9.17, 15) is 14.7 Å². The van der Waals surface area contributed by atoms with Crippen molar-refractivity contribution in [3.8, 4) is 0 Å². The van der Waals surface area contributed by atoms with Crippen molar-refractivity contribution in [2.24, 2.45) is 5.41 Å². The van der Waals surface area contributed by atoms with Crippen LogP contribution in [0.2, 0.25) is 0 Å². The van der Waals surface area contributed by atoms with Gasteiger partial charge in [-0.3, -0.25) is 4.79 Å². The molecule has 1 amide bonds. The largest absolute Gasteiger partial charge is 0.480 e. The van der Waals surface area contributed by atoms with Gasteiger partial charge in [0.25, 0.3) is 0 Å². The molecular weight excluding hydrogens is 322 g/mol. The number of carboxylic acid groups (broad SMARTS) is 1. The summed E-state index contributed by atoms with van der Waals surface area (Å²) in [5.41, 5.74) is 7.62. The van der Waals surface area contributed by atoms with Gasteiger partial charge in [0.15, 0.2) is 0 Å². The molecule has 1 unspecified atom stereocenters. The number of nitrogens with one attached hydrogen (secondary N) is 1. The summed E-state index contributed by atoms with van der Waals surface area (Å²) in [6.07, 6.45) is 2.45. The Bertz CT molecular complexity index is 677. The van der Waals surface area contributed by atoms with Crippen LogP contribution in [0.4, 0.5) is 5.95 Å². The number of nitrogen functional groups attached to an aromatic ring is 1. The Morgan fingerprint density at radius 2 is 1.88 bits per heavy atom. The van der Waals surface area contributed by atoms with Crippen LogP contribution in [0.15, 0.2) is 0 Å². The molecule has 1 aromatic rings. The predicted octanol–water partition coefficient (Wildman–Crippen LogP) is 0.273. The smallest absolute Gasteiger partial charge is 0.326 e. The first-order valence-electron chi connectivity index (χ1n) is 8.64. The average molecular weight is 347 g/mol. The molecule has 0 aliphatic carbocycles. The molecule has 2 aliphatic rings. The summed E-state index contributed by atoms with van der Waals surface area (Å²) in [6, 6.07) is -0.749. The first-order chi connectivity index (χ1) is 11.8. The van der Waals surface area contributed by atoms with E-state index in [4.69, 9.17) is 5.73 Å². The Balaban J connectivity index is 1.81. The first-order valence-corrected chi connectivity index (χ1v) is 8.64. The lowest BCUT2D eigenvalue weighted by Gasteiger charge is -2.33. The van der Waals surface area contributed by atoms with Crippen LogP contribution < -0.4 is 11.1 Å². The number of likely N-dealkylation sites (tertiary alicyclic amines) is 1. The summed E-state index contributed by atoms with van der Waals surface area (Å²) in [5, 5.41) is 12.9. The van der Waals surface area contributed by atoms with Gasteiger partial charge >= 0.3 is 5.97 Å². The highest BCUT2D eigenvalue weighted by molar-refractivity contribution is 5.86. The van der Waals surface area contributed by atoms with Gasteiger partial charge in [0.05, 0.1) is 6.42 Å². The summed E-state index contributed by atoms with van der Waals surface area (Å²) < 4.78 is 0. The number of nitrogens with two attached hydrogens (primary N) is 1. The zero-order valence-corrected chi connectivity index (χ0v) is 14.7. The maximum Gasteiger partial charge on any atom is 0.326 e. The van der Waals surface area contributed by atoms with Crippen LogP contribution in [0.3, 0.4) is 0 Å². The van der Waals surface area contributed by atoms with Gasteiger partial charge < -0.3 is 21.1 Å². The number of nitrogens with zero attached hydrogens (tertiary/aromatic N) is 3. The molecule has 3 rings (SSSR count). The van der Waals surface area contributed by atoms with Gasteiger partial charge in [-0.2, -0.15) is 0 Å². The minimum absolute atomic E-state index is 0.0777. The second-order valence-electron chi connectivity index (χ2n) is 7.24. The van der Waals surface area contributed by atoms with Crippen LogP contribution in [0.5, 0.6) is 0 Å². The molecule has 136 valence electrons. The van der Waals surface area contributed by atoms with Crippen molar-refractivity contribution in [1.82, 2.24) is 20.2 Å². The van der Waals surface area contributed by atoms with Gasteiger partial charge in [0.2, 0.25) is 11.9 Å². The Labute approximate surface area is 146 Å². The zero-order valence-electron chi connectivity index (χ0n) is 14.7. The molecule has 2 saturated heterocycles. The lowest BCUT2D eigenvalue weighted by atomic mass is 9.77. The normalized spacial score (nSPS) is 22.3. The molecule has 1 spiro atoms. The highest BCUT2D eigenvalue weighted by atomic mass is 16.4. The number of hydrogen-bond acceptors (Lipinski definition) is 6. The number of rotatable bonds is 3. The van der Waals surface area contributed by atoms with E-state index in [0.717, 1.165) is 31.5 Å². The van der Waals surface area contributed by atoms with Crippen molar-refractivity contribution >= 4 is 17.8 Å². The molecule has 0 saturated carbocycles. The summed E-state index contributed by atoms with van der Waals surface area (Å²) in [6.45, 7) is 5.84. The molecule has 0 aromatic carbocycles. The van der Waals surface area contributed by atoms with E-state index < -0.39 is 12.0 Å². The number of piperidine rings is 1. The summed E-state index contributed by atoms with van der Waals surface area (Å²) >= 11 is 0. The number of carbonyl (C=O) groups is 2. The second kappa shape index (κ2) is 6.59. The molecule has 3 heterocycles. The fourth-order valence-corrected chi connectivity index (χ4v) is 4.13. The van der Waals surface area contributed by atoms with Crippen LogP contribution in [-0.4, -0.2) is 57.5 Å². The van der Waals surface area contributed by atoms with Crippen molar-refractivity contribution in [3.63, 3.8) is 0 Å². The number of carbonyl (C=O) groups excluding carboxylic acids is 1. The number of aliphatic carboxylic acids is 1. The number of carboxylic acids is 1. The van der Waals surface area contributed by atoms with Crippen LogP contribution in [0, 0.1) is 19.3 Å². The van der Waals surface area contributed by atoms with Crippen molar-refractivity contribution < 1.29 is 14.7 Å². The van der Waals surface area contributed by atoms with E-state index in [-0.39, 0.29) is 23.7 Å². The number of anilines is 1. The second-order valence-corrected chi connectivity index (χ2v) is 7.24. The molecule has 8 nitrogen and oxygen atoms in total. The fraction of sp³-hybridized carbons (Fsp3) is 0.647. The van der Waals surface area contributed by atoms with E-state index in [1.807, 2.05) is 0 Å². The third-order valence-electron chi connectivity index (χ3n) is 5.54. The standard InChI is InChI=1S/C17H25N5O3/c1-10-12(11(2)21-16(18)20-10)7-14(23)22-9-17(3-5-19-6-4-17)8-13(22)15(24)25/h13,19H,3-9H2,1-2H3,(H,24,25)(H2,18,20,21). The molecule has 0 radical (unpaired) electrons. The molecular formula is C17H25N5O3. The topological polar surface area (TPSA) is 121 Å². The first kappa shape index (κ1) is 17.6. The van der Waals surface area contributed by atoms with E-state index in [0.29, 0.717) is 24.4 Å². The molecule has 1 aromatic heterocycles. The molecule has 25 heavy (non-hydrogen) atoms. The summed E-state index contributed by atoms with van der Waals surface area (Å²) in [7, 11) is 0. The van der Waals surface area contributed by atoms with Crippen molar-refractivity contribution in [3.05, 3.63) is 17.0 Å². The van der Waals surface area contributed by atoms with E-state index in [1.165, 1.54) is 0 Å². The van der Waals surface area contributed by atoms with Gasteiger partial charge in [-0.25, -0.2) is 14.8 Å². The number of aryl methyl sites for hydroxylation is 2. The summed E-state index contributed by atoms with van der Waals surface area (Å²) in [5.74, 6) is -0.919. The number of aromatic nitrogens is 2. The van der Waals surface area contributed by atoms with Crippen LogP contribution in [0.1, 0.15) is 36.2 Å². The van der Waals surface area contributed by atoms with Crippen LogP contribution in [-0.2, 0) is 16.0 Å². The predicted molar refractivity (Wildman–Crippen MR) is 91.9 cm³/mol. The molecule has 1 atom stereocenters. The van der Waals surface area contributed by atoms with Crippen molar-refractivity contribution in [1.29, 1.82) is 0 Å². The van der Waals surface area contributed by atoms with Crippen molar-refractivity contribution in [2.45, 2.75) is 45.6 Å². The SMILES string of the molecule is Cc1nc(N)nc(C)c1CC(=O)N1CC2(CCNCC2)CC1C(=O)O. The van der Waals surface area contributed by atoms with E-state index in [2.05, 4.69) is 15.3 Å². The van der Waals surface area contributed by atoms with Gasteiger partial charge in [-0.1, -0.05) is 0 Å². The quantitative estimate of drug-likeness (QED) is 0.717. The van der Waals surface area contributed by atoms with Gasteiger partial charge in [0.1, 0.15) is 6.04 Å². The highest BCUT2D eigenvalue weighted by Crippen LogP contribution is 2.42. The highest BCUT2D eigenvalue weighted by Gasteiger charge is 2.48. The number of amides is 1.